The Morgan fingerprint density at radius 1 is 1.26 bits per heavy atom. The third-order valence-electron chi connectivity index (χ3n) is 4.44. The van der Waals surface area contributed by atoms with E-state index in [0.717, 1.165) is 24.8 Å². The molecule has 4 nitrogen and oxygen atoms in total. The Labute approximate surface area is 138 Å². The molecular formula is C19H26N2O2. The van der Waals surface area contributed by atoms with Gasteiger partial charge < -0.3 is 11.1 Å². The largest absolute Gasteiger partial charge is 0.369 e. The van der Waals surface area contributed by atoms with Gasteiger partial charge >= 0.3 is 0 Å². The topological polar surface area (TPSA) is 72.2 Å². The van der Waals surface area contributed by atoms with Gasteiger partial charge in [0.2, 0.25) is 11.8 Å². The Morgan fingerprint density at radius 2 is 1.96 bits per heavy atom. The maximum absolute atomic E-state index is 12.0. The summed E-state index contributed by atoms with van der Waals surface area (Å²) in [6.45, 7) is 4.33. The molecule has 23 heavy (non-hydrogen) atoms. The summed E-state index contributed by atoms with van der Waals surface area (Å²) in [5.74, 6) is -0.0679. The standard InChI is InChI=1S/C19H26N2O2/c1-13(2)15-11-9-14(10-12-15)5-3-8-18(22)21-17-7-4-6-16(17)19(20)23/h3,5,9-13,16-17H,4,6-8H2,1-2H3,(H2,20,23)(H,21,22)/b5-3+/t16-,17+/m0/s1. The van der Waals surface area contributed by atoms with Gasteiger partial charge in [-0.25, -0.2) is 0 Å². The van der Waals surface area contributed by atoms with Gasteiger partial charge in [-0.05, 0) is 29.9 Å². The highest BCUT2D eigenvalue weighted by Gasteiger charge is 2.32. The smallest absolute Gasteiger partial charge is 0.224 e. The molecule has 0 heterocycles. The van der Waals surface area contributed by atoms with Gasteiger partial charge in [0.25, 0.3) is 0 Å². The molecule has 0 saturated heterocycles. The summed E-state index contributed by atoms with van der Waals surface area (Å²) in [5.41, 5.74) is 7.75. The van der Waals surface area contributed by atoms with Crippen LogP contribution in [-0.2, 0) is 9.59 Å². The van der Waals surface area contributed by atoms with Crippen molar-refractivity contribution in [2.75, 3.05) is 0 Å². The van der Waals surface area contributed by atoms with Gasteiger partial charge in [0, 0.05) is 12.5 Å². The van der Waals surface area contributed by atoms with Crippen LogP contribution in [0.3, 0.4) is 0 Å². The fraction of sp³-hybridized carbons (Fsp3) is 0.474. The molecule has 2 amide bonds. The highest BCUT2D eigenvalue weighted by molar-refractivity contribution is 5.82. The number of carbonyl (C=O) groups is 2. The van der Waals surface area contributed by atoms with Crippen molar-refractivity contribution < 1.29 is 9.59 Å². The van der Waals surface area contributed by atoms with Crippen molar-refractivity contribution in [3.63, 3.8) is 0 Å². The summed E-state index contributed by atoms with van der Waals surface area (Å²) in [4.78, 5) is 23.3. The van der Waals surface area contributed by atoms with Crippen LogP contribution in [0.5, 0.6) is 0 Å². The van der Waals surface area contributed by atoms with Crippen molar-refractivity contribution in [3.8, 4) is 0 Å². The molecule has 2 rings (SSSR count). The first kappa shape index (κ1) is 17.3. The minimum atomic E-state index is -0.311. The summed E-state index contributed by atoms with van der Waals surface area (Å²) in [6.07, 6.45) is 6.67. The third kappa shape index (κ3) is 4.95. The van der Waals surface area contributed by atoms with Crippen LogP contribution in [-0.4, -0.2) is 17.9 Å². The predicted octanol–water partition coefficient (Wildman–Crippen LogP) is 2.98. The van der Waals surface area contributed by atoms with Crippen LogP contribution in [0, 0.1) is 5.92 Å². The number of nitrogens with one attached hydrogen (secondary N) is 1. The number of hydrogen-bond donors (Lipinski definition) is 2. The molecule has 0 unspecified atom stereocenters. The molecule has 0 spiro atoms. The average Bonchev–Trinajstić information content (AvgIpc) is 2.96. The normalized spacial score (nSPS) is 21.0. The maximum Gasteiger partial charge on any atom is 0.224 e. The van der Waals surface area contributed by atoms with E-state index >= 15 is 0 Å². The molecular weight excluding hydrogens is 288 g/mol. The monoisotopic (exact) mass is 314 g/mol. The Hall–Kier alpha value is -2.10. The zero-order valence-corrected chi connectivity index (χ0v) is 13.9. The quantitative estimate of drug-likeness (QED) is 0.847. The maximum atomic E-state index is 12.0. The van der Waals surface area contributed by atoms with Gasteiger partial charge in [-0.1, -0.05) is 56.7 Å². The van der Waals surface area contributed by atoms with Crippen LogP contribution < -0.4 is 11.1 Å². The zero-order valence-electron chi connectivity index (χ0n) is 13.9. The Morgan fingerprint density at radius 3 is 2.57 bits per heavy atom. The van der Waals surface area contributed by atoms with E-state index in [9.17, 15) is 9.59 Å². The first-order valence-electron chi connectivity index (χ1n) is 8.32. The number of benzene rings is 1. The van der Waals surface area contributed by atoms with Gasteiger partial charge in [0.05, 0.1) is 5.92 Å². The van der Waals surface area contributed by atoms with Crippen LogP contribution in [0.4, 0.5) is 0 Å². The van der Waals surface area contributed by atoms with Crippen molar-refractivity contribution >= 4 is 17.9 Å². The molecule has 2 atom stereocenters. The minimum absolute atomic E-state index is 0.0572. The van der Waals surface area contributed by atoms with Gasteiger partial charge in [-0.2, -0.15) is 0 Å². The fourth-order valence-corrected chi connectivity index (χ4v) is 3.03. The molecule has 1 aromatic carbocycles. The van der Waals surface area contributed by atoms with Crippen LogP contribution in [0.1, 0.15) is 56.6 Å². The second-order valence-electron chi connectivity index (χ2n) is 6.54. The molecule has 1 fully saturated rings. The van der Waals surface area contributed by atoms with Crippen molar-refractivity contribution in [1.82, 2.24) is 5.32 Å². The summed E-state index contributed by atoms with van der Waals surface area (Å²) in [7, 11) is 0. The molecule has 3 N–H and O–H groups in total. The molecule has 1 aliphatic rings. The van der Waals surface area contributed by atoms with Gasteiger partial charge in [0.1, 0.15) is 0 Å². The van der Waals surface area contributed by atoms with E-state index in [-0.39, 0.29) is 23.8 Å². The minimum Gasteiger partial charge on any atom is -0.369 e. The van der Waals surface area contributed by atoms with E-state index in [0.29, 0.717) is 12.3 Å². The summed E-state index contributed by atoms with van der Waals surface area (Å²) >= 11 is 0. The molecule has 1 saturated carbocycles. The Bertz CT molecular complexity index is 576. The number of carbonyl (C=O) groups excluding carboxylic acids is 2. The highest BCUT2D eigenvalue weighted by Crippen LogP contribution is 2.25. The third-order valence-corrected chi connectivity index (χ3v) is 4.44. The van der Waals surface area contributed by atoms with Crippen molar-refractivity contribution in [2.45, 2.75) is 51.5 Å². The number of nitrogens with two attached hydrogens (primary N) is 1. The van der Waals surface area contributed by atoms with Crippen LogP contribution in [0.25, 0.3) is 6.08 Å². The molecule has 1 aromatic rings. The molecule has 0 aliphatic heterocycles. The molecule has 0 radical (unpaired) electrons. The van der Waals surface area contributed by atoms with E-state index in [1.165, 1.54) is 5.56 Å². The van der Waals surface area contributed by atoms with Gasteiger partial charge in [-0.15, -0.1) is 0 Å². The lowest BCUT2D eigenvalue weighted by Gasteiger charge is -2.17. The second kappa shape index (κ2) is 7.95. The van der Waals surface area contributed by atoms with Crippen LogP contribution in [0.2, 0.25) is 0 Å². The van der Waals surface area contributed by atoms with E-state index in [2.05, 4.69) is 43.4 Å². The van der Waals surface area contributed by atoms with Crippen LogP contribution in [0.15, 0.2) is 30.3 Å². The number of primary amides is 1. The number of hydrogen-bond acceptors (Lipinski definition) is 2. The van der Waals surface area contributed by atoms with E-state index in [4.69, 9.17) is 5.73 Å². The summed E-state index contributed by atoms with van der Waals surface area (Å²) in [5, 5.41) is 2.93. The summed E-state index contributed by atoms with van der Waals surface area (Å²) in [6, 6.07) is 8.24. The zero-order chi connectivity index (χ0) is 16.8. The van der Waals surface area contributed by atoms with Crippen molar-refractivity contribution in [2.24, 2.45) is 11.7 Å². The first-order valence-corrected chi connectivity index (χ1v) is 8.32. The fourth-order valence-electron chi connectivity index (χ4n) is 3.03. The SMILES string of the molecule is CC(C)c1ccc(/C=C/CC(=O)N[C@@H]2CCC[C@@H]2C(N)=O)cc1. The lowest BCUT2D eigenvalue weighted by Crippen LogP contribution is -2.42. The Kier molecular flexibility index (Phi) is 5.97. The molecule has 0 bridgehead atoms. The second-order valence-corrected chi connectivity index (χ2v) is 6.54. The first-order chi connectivity index (χ1) is 11.0. The number of rotatable bonds is 6. The van der Waals surface area contributed by atoms with Crippen LogP contribution >= 0.6 is 0 Å². The molecule has 4 heteroatoms. The predicted molar refractivity (Wildman–Crippen MR) is 92.6 cm³/mol. The lowest BCUT2D eigenvalue weighted by atomic mass is 10.0. The van der Waals surface area contributed by atoms with Gasteiger partial charge in [-0.3, -0.25) is 9.59 Å². The molecule has 0 aromatic heterocycles. The lowest BCUT2D eigenvalue weighted by molar-refractivity contribution is -0.124. The summed E-state index contributed by atoms with van der Waals surface area (Å²) < 4.78 is 0. The highest BCUT2D eigenvalue weighted by atomic mass is 16.2. The molecule has 1 aliphatic carbocycles. The average molecular weight is 314 g/mol. The number of amides is 2. The Balaban J connectivity index is 1.83. The van der Waals surface area contributed by atoms with E-state index < -0.39 is 0 Å². The van der Waals surface area contributed by atoms with Crippen molar-refractivity contribution in [1.29, 1.82) is 0 Å². The van der Waals surface area contributed by atoms with Gasteiger partial charge in [0.15, 0.2) is 0 Å². The van der Waals surface area contributed by atoms with E-state index in [1.54, 1.807) is 0 Å². The van der Waals surface area contributed by atoms with E-state index in [1.807, 2.05) is 12.2 Å². The van der Waals surface area contributed by atoms with Crippen molar-refractivity contribution in [3.05, 3.63) is 41.5 Å². The molecule has 124 valence electrons.